The van der Waals surface area contributed by atoms with Gasteiger partial charge in [0.05, 0.1) is 67.3 Å². The van der Waals surface area contributed by atoms with Crippen molar-refractivity contribution in [3.63, 3.8) is 0 Å². The second-order valence-corrected chi connectivity index (χ2v) is 20.3. The maximum atomic E-state index is 14.8. The van der Waals surface area contributed by atoms with Gasteiger partial charge < -0.3 is 9.13 Å². The highest BCUT2D eigenvalue weighted by molar-refractivity contribution is 6.13. The lowest BCUT2D eigenvalue weighted by Crippen LogP contribution is -2.12. The van der Waals surface area contributed by atoms with Crippen molar-refractivity contribution >= 4 is 43.6 Å². The zero-order valence-corrected chi connectivity index (χ0v) is 44.0. The smallest absolute Gasteiger partial charge is 0.309 e. The largest absolute Gasteiger partial charge is 0.417 e. The van der Waals surface area contributed by atoms with Crippen LogP contribution in [0.15, 0.2) is 218 Å². The summed E-state index contributed by atoms with van der Waals surface area (Å²) in [7, 11) is 0. The highest BCUT2D eigenvalue weighted by Crippen LogP contribution is 2.48. The van der Waals surface area contributed by atoms with Gasteiger partial charge in [-0.25, -0.2) is 15.0 Å². The molecule has 0 saturated carbocycles. The molecule has 0 atom stereocenters. The third-order valence-corrected chi connectivity index (χ3v) is 15.1. The van der Waals surface area contributed by atoms with Crippen molar-refractivity contribution in [3.8, 4) is 85.0 Å². The molecule has 86 heavy (non-hydrogen) atoms. The lowest BCUT2D eigenvalue weighted by atomic mass is 9.94. The fraction of sp³-hybridized carbons (Fsp3) is 0.0588. The molecule has 0 aliphatic carbocycles. The molecule has 13 aromatic rings. The molecule has 0 saturated heterocycles. The minimum Gasteiger partial charge on any atom is -0.309 e. The molecule has 0 unspecified atom stereocenters. The van der Waals surface area contributed by atoms with Gasteiger partial charge in [0.25, 0.3) is 0 Å². The average molecular weight is 1170 g/mol. The Morgan fingerprint density at radius 3 is 1.19 bits per heavy atom. The number of hydrogen-bond donors (Lipinski definition) is 0. The van der Waals surface area contributed by atoms with E-state index in [2.05, 4.69) is 6.07 Å². The monoisotopic (exact) mass is 1160 g/mol. The summed E-state index contributed by atoms with van der Waals surface area (Å²) in [6.45, 7) is 0. The summed E-state index contributed by atoms with van der Waals surface area (Å²) < 4.78 is 175. The molecule has 0 N–H and O–H groups in total. The maximum Gasteiger partial charge on any atom is 0.417 e. The Hall–Kier alpha value is -10.5. The van der Waals surface area contributed by atoms with Gasteiger partial charge >= 0.3 is 24.7 Å². The number of halogens is 12. The van der Waals surface area contributed by atoms with E-state index in [9.17, 15) is 57.9 Å². The molecule has 6 nitrogen and oxygen atoms in total. The molecular formula is C68H36F12N6. The summed E-state index contributed by atoms with van der Waals surface area (Å²) in [5, 5.41) is 13.2. The van der Waals surface area contributed by atoms with Crippen LogP contribution in [0.4, 0.5) is 52.7 Å². The Morgan fingerprint density at radius 1 is 0.314 bits per heavy atom. The SMILES string of the molecule is N#Cc1cccc(-n2c3ccccc3c3cc(-c4ccc(C(F)(F)F)cc4C(F)(F)F)ccc32)c1-c1cc(-c2nc(-c3ccccc3)nc(-c3ccccc3)n2)ccc1-n1c2ccccc2c2cc(-c3ccc(C(F)(F)F)cc3C(F)(F)F)ccc21. The van der Waals surface area contributed by atoms with Crippen LogP contribution in [0.3, 0.4) is 0 Å². The molecule has 0 aliphatic rings. The van der Waals surface area contributed by atoms with E-state index < -0.39 is 58.1 Å². The van der Waals surface area contributed by atoms with Gasteiger partial charge in [0.15, 0.2) is 17.5 Å². The van der Waals surface area contributed by atoms with E-state index in [1.165, 1.54) is 24.3 Å². The molecule has 0 fully saturated rings. The third kappa shape index (κ3) is 9.60. The van der Waals surface area contributed by atoms with Gasteiger partial charge in [-0.3, -0.25) is 0 Å². The molecule has 13 rings (SSSR count). The van der Waals surface area contributed by atoms with Crippen LogP contribution in [0, 0.1) is 11.3 Å². The Morgan fingerprint density at radius 2 is 0.733 bits per heavy atom. The summed E-state index contributed by atoms with van der Waals surface area (Å²) >= 11 is 0. The van der Waals surface area contributed by atoms with E-state index >= 15 is 0 Å². The molecule has 422 valence electrons. The number of rotatable bonds is 8. The van der Waals surface area contributed by atoms with Gasteiger partial charge in [0.1, 0.15) is 0 Å². The molecule has 0 bridgehead atoms. The number of benzene rings is 10. The Bertz CT molecular complexity index is 4840. The second-order valence-electron chi connectivity index (χ2n) is 20.3. The Labute approximate surface area is 479 Å². The normalized spacial score (nSPS) is 12.4. The first kappa shape index (κ1) is 54.7. The van der Waals surface area contributed by atoms with Crippen LogP contribution < -0.4 is 0 Å². The second kappa shape index (κ2) is 20.4. The summed E-state index contributed by atoms with van der Waals surface area (Å²) in [6, 6.07) is 57.1. The van der Waals surface area contributed by atoms with Crippen molar-refractivity contribution < 1.29 is 52.7 Å². The predicted molar refractivity (Wildman–Crippen MR) is 306 cm³/mol. The Balaban J connectivity index is 1.09. The fourth-order valence-electron chi connectivity index (χ4n) is 11.3. The van der Waals surface area contributed by atoms with E-state index in [4.69, 9.17) is 15.0 Å². The number of aromatic nitrogens is 5. The molecule has 3 heterocycles. The zero-order chi connectivity index (χ0) is 60.0. The van der Waals surface area contributed by atoms with E-state index in [0.717, 1.165) is 12.1 Å². The van der Waals surface area contributed by atoms with Gasteiger partial charge in [0.2, 0.25) is 0 Å². The van der Waals surface area contributed by atoms with Crippen LogP contribution in [0.1, 0.15) is 27.8 Å². The summed E-state index contributed by atoms with van der Waals surface area (Å²) in [5.74, 6) is 0.888. The van der Waals surface area contributed by atoms with Crippen LogP contribution in [0.25, 0.3) is 123 Å². The lowest BCUT2D eigenvalue weighted by molar-refractivity contribution is -0.144. The van der Waals surface area contributed by atoms with Crippen molar-refractivity contribution in [2.45, 2.75) is 24.7 Å². The van der Waals surface area contributed by atoms with Crippen molar-refractivity contribution in [3.05, 3.63) is 246 Å². The summed E-state index contributed by atoms with van der Waals surface area (Å²) in [6.07, 6.45) is -20.5. The van der Waals surface area contributed by atoms with Crippen LogP contribution in [0.2, 0.25) is 0 Å². The van der Waals surface area contributed by atoms with Gasteiger partial charge in [-0.15, -0.1) is 0 Å². The molecule has 0 amide bonds. The van der Waals surface area contributed by atoms with Gasteiger partial charge in [-0.2, -0.15) is 57.9 Å². The standard InChI is InChI=1S/C68H36F12N6/c69-65(70,71)44-25-27-46(53(35-44)67(75,76)77)40-22-29-57-50(32-40)48-17-7-9-19-55(48)85(57)59-31-24-42(64-83-62(38-12-3-1-4-13-38)82-63(84-64)39-14-5-2-6-15-39)34-52(59)61-43(37-81)16-11-21-60(61)86-56-20-10-8-18-49(56)51-33-41(23-30-58(51)86)47-28-26-45(66(72,73)74)36-54(47)68(78,79)80/h1-36H. The summed E-state index contributed by atoms with van der Waals surface area (Å²) in [4.78, 5) is 14.9. The number of para-hydroxylation sites is 2. The van der Waals surface area contributed by atoms with Crippen molar-refractivity contribution in [1.82, 2.24) is 24.1 Å². The number of nitrogens with zero attached hydrogens (tertiary/aromatic N) is 6. The Kier molecular flexibility index (Phi) is 13.0. The van der Waals surface area contributed by atoms with Gasteiger partial charge in [-0.1, -0.05) is 127 Å². The predicted octanol–water partition coefficient (Wildman–Crippen LogP) is 20.0. The molecule has 10 aromatic carbocycles. The van der Waals surface area contributed by atoms with E-state index in [1.54, 1.807) is 97.1 Å². The van der Waals surface area contributed by atoms with Crippen molar-refractivity contribution in [2.24, 2.45) is 0 Å². The molecule has 0 spiro atoms. The van der Waals surface area contributed by atoms with Crippen LogP contribution in [-0.4, -0.2) is 24.1 Å². The van der Waals surface area contributed by atoms with Crippen molar-refractivity contribution in [2.75, 3.05) is 0 Å². The van der Waals surface area contributed by atoms with Crippen LogP contribution >= 0.6 is 0 Å². The van der Waals surface area contributed by atoms with Crippen LogP contribution in [0.5, 0.6) is 0 Å². The van der Waals surface area contributed by atoms with E-state index in [-0.39, 0.29) is 34.6 Å². The quantitative estimate of drug-likeness (QED) is 0.142. The molecular weight excluding hydrogens is 1130 g/mol. The first-order valence-electron chi connectivity index (χ1n) is 26.3. The number of hydrogen-bond acceptors (Lipinski definition) is 4. The highest BCUT2D eigenvalue weighted by atomic mass is 19.4. The van der Waals surface area contributed by atoms with E-state index in [1.807, 2.05) is 69.8 Å². The number of fused-ring (bicyclic) bond motifs is 6. The molecule has 0 radical (unpaired) electrons. The van der Waals surface area contributed by atoms with Crippen LogP contribution in [-0.2, 0) is 24.7 Å². The number of nitriles is 1. The number of alkyl halides is 12. The topological polar surface area (TPSA) is 72.3 Å². The summed E-state index contributed by atoms with van der Waals surface area (Å²) in [5.41, 5.74) is -1.51. The molecule has 0 aliphatic heterocycles. The first-order chi connectivity index (χ1) is 41.1. The third-order valence-electron chi connectivity index (χ3n) is 15.1. The van der Waals surface area contributed by atoms with Gasteiger partial charge in [0, 0.05) is 49.4 Å². The minimum absolute atomic E-state index is 0.0186. The molecule has 3 aromatic heterocycles. The zero-order valence-electron chi connectivity index (χ0n) is 44.0. The minimum atomic E-state index is -5.17. The first-order valence-corrected chi connectivity index (χ1v) is 26.3. The lowest BCUT2D eigenvalue weighted by Gasteiger charge is -2.21. The molecule has 18 heteroatoms. The van der Waals surface area contributed by atoms with E-state index in [0.29, 0.717) is 107 Å². The van der Waals surface area contributed by atoms with Gasteiger partial charge in [-0.05, 0) is 113 Å². The fourth-order valence-corrected chi connectivity index (χ4v) is 11.3. The van der Waals surface area contributed by atoms with Crippen molar-refractivity contribution in [1.29, 1.82) is 5.26 Å². The average Bonchev–Trinajstić information content (AvgIpc) is 1.68. The highest BCUT2D eigenvalue weighted by Gasteiger charge is 2.40. The maximum absolute atomic E-state index is 14.8.